The van der Waals surface area contributed by atoms with E-state index < -0.39 is 0 Å². The molecule has 7 nitrogen and oxygen atoms in total. The third-order valence-corrected chi connectivity index (χ3v) is 7.43. The fourth-order valence-corrected chi connectivity index (χ4v) is 6.46. The average molecular weight is 436 g/mol. The molecule has 0 aliphatic heterocycles. The Labute approximate surface area is 189 Å². The number of amides is 1. The van der Waals surface area contributed by atoms with Crippen LogP contribution in [0.5, 0.6) is 5.75 Å². The van der Waals surface area contributed by atoms with Crippen LogP contribution in [0.3, 0.4) is 0 Å². The monoisotopic (exact) mass is 435 g/mol. The van der Waals surface area contributed by atoms with Crippen LogP contribution in [0, 0.1) is 30.1 Å². The first kappa shape index (κ1) is 21.0. The smallest absolute Gasteiger partial charge is 0.226 e. The summed E-state index contributed by atoms with van der Waals surface area (Å²) in [4.78, 5) is 22.1. The van der Waals surface area contributed by atoms with Crippen molar-refractivity contribution in [3.05, 3.63) is 36.0 Å². The molecule has 32 heavy (non-hydrogen) atoms. The highest BCUT2D eigenvalue weighted by Crippen LogP contribution is 2.60. The van der Waals surface area contributed by atoms with Gasteiger partial charge in [0.1, 0.15) is 11.6 Å². The van der Waals surface area contributed by atoms with E-state index >= 15 is 0 Å². The molecule has 0 atom stereocenters. The number of nitrogens with one attached hydrogen (secondary N) is 3. The van der Waals surface area contributed by atoms with Crippen molar-refractivity contribution >= 4 is 23.4 Å². The van der Waals surface area contributed by atoms with Crippen molar-refractivity contribution in [1.29, 1.82) is 0 Å². The average Bonchev–Trinajstić information content (AvgIpc) is 2.76. The van der Waals surface area contributed by atoms with Crippen LogP contribution in [0.15, 0.2) is 30.3 Å². The predicted octanol–water partition coefficient (Wildman–Crippen LogP) is 4.28. The third kappa shape index (κ3) is 4.38. The molecule has 4 saturated carbocycles. The van der Waals surface area contributed by atoms with E-state index in [4.69, 9.17) is 4.74 Å². The van der Waals surface area contributed by atoms with E-state index in [1.807, 2.05) is 37.3 Å². The van der Waals surface area contributed by atoms with E-state index in [1.165, 1.54) is 19.3 Å². The highest BCUT2D eigenvalue weighted by atomic mass is 16.5. The van der Waals surface area contributed by atoms with Crippen molar-refractivity contribution in [2.75, 3.05) is 30.8 Å². The number of hydrogen-bond acceptors (Lipinski definition) is 6. The summed E-state index contributed by atoms with van der Waals surface area (Å²) < 4.78 is 5.20. The maximum Gasteiger partial charge on any atom is 0.226 e. The first-order valence-electron chi connectivity index (χ1n) is 11.8. The Hall–Kier alpha value is -2.83. The zero-order valence-corrected chi connectivity index (χ0v) is 19.0. The van der Waals surface area contributed by atoms with Gasteiger partial charge in [-0.3, -0.25) is 4.79 Å². The minimum atomic E-state index is -0.0932. The van der Waals surface area contributed by atoms with Crippen molar-refractivity contribution in [3.63, 3.8) is 0 Å². The summed E-state index contributed by atoms with van der Waals surface area (Å²) in [5, 5.41) is 9.77. The number of aryl methyl sites for hydroxylation is 1. The lowest BCUT2D eigenvalue weighted by Crippen LogP contribution is -2.54. The fourth-order valence-electron chi connectivity index (χ4n) is 6.46. The lowest BCUT2D eigenvalue weighted by Gasteiger charge is -2.55. The van der Waals surface area contributed by atoms with Gasteiger partial charge in [-0.05, 0) is 87.5 Å². The van der Waals surface area contributed by atoms with E-state index in [-0.39, 0.29) is 11.3 Å². The Kier molecular flexibility index (Phi) is 5.66. The lowest BCUT2D eigenvalue weighted by atomic mass is 9.49. The van der Waals surface area contributed by atoms with Gasteiger partial charge < -0.3 is 20.7 Å². The summed E-state index contributed by atoms with van der Waals surface area (Å²) >= 11 is 0. The summed E-state index contributed by atoms with van der Waals surface area (Å²) in [5.74, 6) is 4.71. The van der Waals surface area contributed by atoms with Crippen LogP contribution in [0.2, 0.25) is 0 Å². The molecule has 1 amide bonds. The number of aromatic nitrogens is 2. The normalized spacial score (nSPS) is 27.8. The molecule has 4 bridgehead atoms. The van der Waals surface area contributed by atoms with Gasteiger partial charge in [0.15, 0.2) is 0 Å². The van der Waals surface area contributed by atoms with Crippen LogP contribution in [-0.2, 0) is 4.79 Å². The summed E-state index contributed by atoms with van der Waals surface area (Å²) in [5.41, 5.74) is 1.71. The van der Waals surface area contributed by atoms with Gasteiger partial charge in [-0.15, -0.1) is 0 Å². The highest BCUT2D eigenvalue weighted by molar-refractivity contribution is 5.83. The third-order valence-electron chi connectivity index (χ3n) is 7.43. The number of hydrogen-bond donors (Lipinski definition) is 3. The van der Waals surface area contributed by atoms with E-state index in [0.29, 0.717) is 19.0 Å². The second-order valence-corrected chi connectivity index (χ2v) is 9.95. The molecule has 1 aromatic carbocycles. The number of carbonyl (C=O) groups is 1. The SMILES string of the molecule is COc1ccc(Nc2cc(C)nc(NCCNC(=O)C34CC5CC(CC(C5)C3)C4)n2)cc1. The summed E-state index contributed by atoms with van der Waals surface area (Å²) in [6.07, 6.45) is 7.35. The topological polar surface area (TPSA) is 88.2 Å². The lowest BCUT2D eigenvalue weighted by molar-refractivity contribution is -0.146. The number of benzene rings is 1. The number of anilines is 3. The summed E-state index contributed by atoms with van der Waals surface area (Å²) in [7, 11) is 1.65. The van der Waals surface area contributed by atoms with Gasteiger partial charge in [-0.25, -0.2) is 4.98 Å². The molecule has 4 aliphatic rings. The zero-order chi connectivity index (χ0) is 22.1. The van der Waals surface area contributed by atoms with Gasteiger partial charge in [-0.1, -0.05) is 0 Å². The predicted molar refractivity (Wildman–Crippen MR) is 125 cm³/mol. The van der Waals surface area contributed by atoms with Crippen LogP contribution in [0.25, 0.3) is 0 Å². The Bertz CT molecular complexity index is 940. The van der Waals surface area contributed by atoms with Gasteiger partial charge in [-0.2, -0.15) is 4.98 Å². The van der Waals surface area contributed by atoms with Crippen LogP contribution < -0.4 is 20.7 Å². The maximum absolute atomic E-state index is 13.1. The molecule has 4 fully saturated rings. The largest absolute Gasteiger partial charge is 0.497 e. The Balaban J connectivity index is 1.14. The molecule has 0 saturated heterocycles. The first-order valence-corrected chi connectivity index (χ1v) is 11.8. The number of ether oxygens (including phenoxy) is 1. The van der Waals surface area contributed by atoms with E-state index in [2.05, 4.69) is 25.9 Å². The van der Waals surface area contributed by atoms with Gasteiger partial charge >= 0.3 is 0 Å². The molecule has 1 heterocycles. The van der Waals surface area contributed by atoms with Crippen molar-refractivity contribution in [2.24, 2.45) is 23.2 Å². The molecule has 1 aromatic heterocycles. The Morgan fingerprint density at radius 3 is 2.31 bits per heavy atom. The minimum absolute atomic E-state index is 0.0932. The molecule has 0 spiro atoms. The molecule has 0 unspecified atom stereocenters. The molecule has 6 rings (SSSR count). The van der Waals surface area contributed by atoms with Crippen LogP contribution >= 0.6 is 0 Å². The van der Waals surface area contributed by atoms with E-state index in [1.54, 1.807) is 7.11 Å². The number of carbonyl (C=O) groups excluding carboxylic acids is 1. The van der Waals surface area contributed by atoms with Crippen LogP contribution in [0.1, 0.15) is 44.2 Å². The molecule has 3 N–H and O–H groups in total. The zero-order valence-electron chi connectivity index (χ0n) is 19.0. The van der Waals surface area contributed by atoms with E-state index in [0.717, 1.165) is 60.0 Å². The van der Waals surface area contributed by atoms with Crippen molar-refractivity contribution in [1.82, 2.24) is 15.3 Å². The number of nitrogens with zero attached hydrogens (tertiary/aromatic N) is 2. The van der Waals surface area contributed by atoms with Crippen molar-refractivity contribution in [2.45, 2.75) is 45.4 Å². The minimum Gasteiger partial charge on any atom is -0.497 e. The van der Waals surface area contributed by atoms with E-state index in [9.17, 15) is 4.79 Å². The Morgan fingerprint density at radius 2 is 1.69 bits per heavy atom. The second-order valence-electron chi connectivity index (χ2n) is 9.95. The molecular weight excluding hydrogens is 402 g/mol. The van der Waals surface area contributed by atoms with Gasteiger partial charge in [0.2, 0.25) is 11.9 Å². The van der Waals surface area contributed by atoms with Gasteiger partial charge in [0.25, 0.3) is 0 Å². The molecular formula is C25H33N5O2. The van der Waals surface area contributed by atoms with Gasteiger partial charge in [0.05, 0.1) is 7.11 Å². The molecule has 0 radical (unpaired) electrons. The number of rotatable bonds is 8. The van der Waals surface area contributed by atoms with Gasteiger partial charge in [0, 0.05) is 36.0 Å². The molecule has 2 aromatic rings. The standard InChI is InChI=1S/C25H33N5O2/c1-16-9-22(29-20-3-5-21(32-2)6-4-20)30-24(28-16)27-8-7-26-23(31)25-13-17-10-18(14-25)12-19(11-17)15-25/h3-6,9,17-19H,7-8,10-15H2,1-2H3,(H,26,31)(H2,27,28,29,30). The maximum atomic E-state index is 13.1. The van der Waals surface area contributed by atoms with Crippen molar-refractivity contribution < 1.29 is 9.53 Å². The highest BCUT2D eigenvalue weighted by Gasteiger charge is 2.54. The molecule has 170 valence electrons. The Morgan fingerprint density at radius 1 is 1.03 bits per heavy atom. The second kappa shape index (κ2) is 8.60. The quantitative estimate of drug-likeness (QED) is 0.537. The first-order chi connectivity index (χ1) is 15.5. The van der Waals surface area contributed by atoms with Crippen molar-refractivity contribution in [3.8, 4) is 5.75 Å². The van der Waals surface area contributed by atoms with Crippen LogP contribution in [0.4, 0.5) is 17.5 Å². The molecule has 4 aliphatic carbocycles. The summed E-state index contributed by atoms with van der Waals surface area (Å²) in [6, 6.07) is 9.61. The van der Waals surface area contributed by atoms with Crippen LogP contribution in [-0.4, -0.2) is 36.1 Å². The summed E-state index contributed by atoms with van der Waals surface area (Å²) in [6.45, 7) is 3.13. The molecule has 7 heteroatoms. The fraction of sp³-hybridized carbons (Fsp3) is 0.560. The number of methoxy groups -OCH3 is 1.